The van der Waals surface area contributed by atoms with Gasteiger partial charge in [0.05, 0.1) is 29.9 Å². The van der Waals surface area contributed by atoms with Crippen molar-refractivity contribution in [2.45, 2.75) is 134 Å². The molecule has 6 aliphatic heterocycles. The van der Waals surface area contributed by atoms with E-state index in [4.69, 9.17) is 34.4 Å². The summed E-state index contributed by atoms with van der Waals surface area (Å²) >= 11 is 0. The van der Waals surface area contributed by atoms with Crippen molar-refractivity contribution in [3.8, 4) is 34.5 Å². The molecule has 0 atom stereocenters. The van der Waals surface area contributed by atoms with Gasteiger partial charge in [-0.2, -0.15) is 10.2 Å². The van der Waals surface area contributed by atoms with Crippen LogP contribution in [-0.2, 0) is 23.0 Å². The maximum atomic E-state index is 14.5. The number of aryl methyl sites for hydroxylation is 3. The van der Waals surface area contributed by atoms with Crippen LogP contribution >= 0.6 is 0 Å². The van der Waals surface area contributed by atoms with Crippen LogP contribution in [0.15, 0.2) is 252 Å². The van der Waals surface area contributed by atoms with E-state index in [1.807, 2.05) is 135 Å². The van der Waals surface area contributed by atoms with Gasteiger partial charge in [-0.05, 0) is 216 Å². The van der Waals surface area contributed by atoms with Crippen LogP contribution in [0.3, 0.4) is 0 Å². The van der Waals surface area contributed by atoms with E-state index in [-0.39, 0.29) is 30.9 Å². The highest BCUT2D eigenvalue weighted by Gasteiger charge is 2.60. The monoisotopic (exact) mass is 1800 g/mol. The van der Waals surface area contributed by atoms with Gasteiger partial charge in [0, 0.05) is 242 Å². The Morgan fingerprint density at radius 2 is 0.807 bits per heavy atom. The normalized spacial score (nSPS) is 14.3. The quantitative estimate of drug-likeness (QED) is 0.0345. The van der Waals surface area contributed by atoms with Crippen LogP contribution in [0, 0.1) is 13.8 Å². The number of benzene rings is 10. The molecule has 135 heavy (non-hydrogen) atoms. The van der Waals surface area contributed by atoms with Gasteiger partial charge in [0.1, 0.15) is 56.8 Å². The molecule has 2 aromatic heterocycles. The first kappa shape index (κ1) is 95.0. The first-order chi connectivity index (χ1) is 65.1. The van der Waals surface area contributed by atoms with Gasteiger partial charge in [0.15, 0.2) is 5.78 Å². The fourth-order valence-electron chi connectivity index (χ4n) is 20.0. The minimum Gasteiger partial charge on any atom is -0.456 e. The molecule has 22 nitrogen and oxygen atoms in total. The molecule has 0 unspecified atom stereocenters. The number of nitrogens with one attached hydrogen (secondary N) is 2. The molecule has 18 rings (SSSR count). The minimum atomic E-state index is -1.01. The van der Waals surface area contributed by atoms with Crippen LogP contribution in [0.1, 0.15) is 223 Å². The predicted molar refractivity (Wildman–Crippen MR) is 551 cm³/mol. The smallest absolute Gasteiger partial charge is 0.275 e. The van der Waals surface area contributed by atoms with Gasteiger partial charge in [0.25, 0.3) is 17.7 Å². The van der Waals surface area contributed by atoms with Crippen molar-refractivity contribution in [2.24, 2.45) is 15.2 Å². The molecule has 0 radical (unpaired) electrons. The van der Waals surface area contributed by atoms with Crippen LogP contribution < -0.4 is 49.3 Å². The topological polar surface area (TPSA) is 209 Å². The minimum absolute atomic E-state index is 0. The summed E-state index contributed by atoms with van der Waals surface area (Å²) in [6.07, 6.45) is 8.11. The van der Waals surface area contributed by atoms with E-state index in [0.29, 0.717) is 64.1 Å². The van der Waals surface area contributed by atoms with Crippen molar-refractivity contribution in [1.82, 2.24) is 24.9 Å². The Morgan fingerprint density at radius 3 is 1.24 bits per heavy atom. The molecule has 0 saturated carbocycles. The third kappa shape index (κ3) is 17.1. The standard InChI is InChI=1S/C39H43N5O3.C37H39N5O2.C36H39N5O2.CH4/c1-7-42(8-2)28-18-20-32-36(24-28)47-37-25-29(43(9-3)10-4)19-21-33(37)39(32)31-15-12-11-14-30(31)38(46)44(39)23-22-40-26(5)34-16-13-17-35(41-34)27(6)45;1-7-38-32-22-34-30(20-24(32)3)37(31-21-25(4)33(39-8-2)23-35(31)44-34)29-14-10-9-13-28(29)36(43)42(37)40-19-11-12-26-15-17-27(18-16-26)41(5)6;1-6-25-14-13-15-26(38-25)24-37-41-35(42)29-16-11-12-17-30(29)36(41)31-20-18-27(39(7-2)8-3)22-33(31)43-34-23-28(19-21-32(34)36)40(9-4)10-5;/h11-21,24-25H,7-10,22-23H2,1-6H3;9-23,38-39H,7-8H2,1-6H3;11-24H,6-10H2,1-5H3;1H4/b;12-11+,40-19+;37-24+;. The molecule has 12 aromatic rings. The van der Waals surface area contributed by atoms with E-state index in [2.05, 4.69) is 258 Å². The Morgan fingerprint density at radius 1 is 0.415 bits per heavy atom. The predicted octanol–water partition coefficient (Wildman–Crippen LogP) is 23.0. The molecule has 3 amide bonds. The van der Waals surface area contributed by atoms with E-state index in [9.17, 15) is 19.2 Å². The van der Waals surface area contributed by atoms with Gasteiger partial charge in [0.2, 0.25) is 0 Å². The number of aliphatic imine (C=N–C) groups is 1. The number of hydrogen-bond acceptors (Lipinski definition) is 19. The highest BCUT2D eigenvalue weighted by molar-refractivity contribution is 6.06. The third-order valence-electron chi connectivity index (χ3n) is 26.7. The second-order valence-corrected chi connectivity index (χ2v) is 34.3. The number of Topliss-reactive ketones (excluding diaryl/α,β-unsaturated/α-hetero) is 1. The van der Waals surface area contributed by atoms with E-state index in [1.54, 1.807) is 28.5 Å². The molecular formula is C113H125N15O7. The number of carbonyl (C=O) groups is 4. The summed E-state index contributed by atoms with van der Waals surface area (Å²) in [4.78, 5) is 82.3. The second kappa shape index (κ2) is 40.4. The SMILES string of the molecule is C.CCN(CC)c1ccc2c(c1)Oc1cc(N(CC)CC)ccc1C21c2ccccc2C(=O)N1CCN=C(C)c1cccc(C(C)=O)n1.CCNc1cc2c(cc1C)C1(c3cc(C)c(NCC)cc3O2)c2ccccc2C(=O)N1/N=C/C=C/c1ccc(N(C)C)cc1.CCc1cccc(/C=N/N2C(=O)c3ccccc3C23c2ccc(N(CC)CC)cc2Oc2cc(N(CC)CC)ccc23)n1. The molecule has 0 saturated heterocycles. The highest BCUT2D eigenvalue weighted by atomic mass is 16.5. The molecule has 694 valence electrons. The summed E-state index contributed by atoms with van der Waals surface area (Å²) in [5.74, 6) is 3.92. The highest BCUT2D eigenvalue weighted by Crippen LogP contribution is 2.63. The molecule has 0 bridgehead atoms. The largest absolute Gasteiger partial charge is 0.456 e. The van der Waals surface area contributed by atoms with Crippen molar-refractivity contribution >= 4 is 87.5 Å². The average molecular weight is 1810 g/mol. The first-order valence-electron chi connectivity index (χ1n) is 47.2. The Kier molecular flexibility index (Phi) is 28.4. The van der Waals surface area contributed by atoms with Gasteiger partial charge >= 0.3 is 0 Å². The summed E-state index contributed by atoms with van der Waals surface area (Å²) in [6, 6.07) is 77.1. The second-order valence-electron chi connectivity index (χ2n) is 34.3. The summed E-state index contributed by atoms with van der Waals surface area (Å²) in [6.45, 7) is 40.3. The fraction of sp³-hybridized carbons (Fsp3) is 0.301. The van der Waals surface area contributed by atoms with E-state index in [0.717, 1.165) is 207 Å². The Bertz CT molecular complexity index is 6390. The molecule has 10 aromatic carbocycles. The summed E-state index contributed by atoms with van der Waals surface area (Å²) in [7, 11) is 4.05. The number of anilines is 7. The van der Waals surface area contributed by atoms with Crippen molar-refractivity contribution in [3.05, 3.63) is 343 Å². The lowest BCUT2D eigenvalue weighted by Gasteiger charge is -2.44. The molecule has 3 spiro atoms. The van der Waals surface area contributed by atoms with Crippen molar-refractivity contribution in [1.29, 1.82) is 0 Å². The third-order valence-corrected chi connectivity index (χ3v) is 26.7. The van der Waals surface area contributed by atoms with E-state index >= 15 is 0 Å². The number of fused-ring (bicyclic) bond motifs is 18. The number of aromatic nitrogens is 2. The molecule has 22 heteroatoms. The lowest BCUT2D eigenvalue weighted by Crippen LogP contribution is -2.48. The van der Waals surface area contributed by atoms with Gasteiger partial charge < -0.3 is 54.2 Å². The Labute approximate surface area is 795 Å². The van der Waals surface area contributed by atoms with Gasteiger partial charge in [-0.1, -0.05) is 124 Å². The fourth-order valence-corrected chi connectivity index (χ4v) is 20.0. The number of nitrogens with zero attached hydrogens (tertiary/aromatic N) is 13. The molecule has 0 fully saturated rings. The number of carbonyl (C=O) groups excluding carboxylic acids is 4. The summed E-state index contributed by atoms with van der Waals surface area (Å²) in [5.41, 5.74) is 21.3. The first-order valence-corrected chi connectivity index (χ1v) is 47.2. The molecule has 0 aliphatic carbocycles. The van der Waals surface area contributed by atoms with Gasteiger partial charge in [-0.15, -0.1) is 0 Å². The zero-order valence-corrected chi connectivity index (χ0v) is 80.1. The van der Waals surface area contributed by atoms with Crippen molar-refractivity contribution < 1.29 is 33.4 Å². The molecular weight excluding hydrogens is 1680 g/mol. The van der Waals surface area contributed by atoms with Crippen molar-refractivity contribution in [2.75, 3.05) is 128 Å². The summed E-state index contributed by atoms with van der Waals surface area (Å²) < 4.78 is 20.2. The van der Waals surface area contributed by atoms with E-state index < -0.39 is 16.6 Å². The molecule has 6 aliphatic rings. The van der Waals surface area contributed by atoms with Crippen LogP contribution in [0.4, 0.5) is 39.8 Å². The lowest BCUT2D eigenvalue weighted by atomic mass is 9.74. The van der Waals surface area contributed by atoms with Crippen LogP contribution in [0.2, 0.25) is 0 Å². The number of allylic oxidation sites excluding steroid dienone is 1. The maximum absolute atomic E-state index is 14.5. The average Bonchev–Trinajstić information content (AvgIpc) is 1.44. The van der Waals surface area contributed by atoms with Gasteiger partial charge in [-0.25, -0.2) is 15.0 Å². The number of hydrazone groups is 2. The van der Waals surface area contributed by atoms with Crippen LogP contribution in [0.5, 0.6) is 34.5 Å². The Hall–Kier alpha value is -14.7. The molecule has 8 heterocycles. The number of rotatable bonds is 28. The lowest BCUT2D eigenvalue weighted by molar-refractivity contribution is 0.0666. The maximum Gasteiger partial charge on any atom is 0.275 e. The Balaban J connectivity index is 0.000000154. The van der Waals surface area contributed by atoms with E-state index in [1.165, 1.54) is 6.92 Å². The van der Waals surface area contributed by atoms with Gasteiger partial charge in [-0.3, -0.25) is 29.2 Å². The number of hydrogen-bond donors (Lipinski definition) is 2. The summed E-state index contributed by atoms with van der Waals surface area (Å²) in [5, 5.41) is 20.1. The van der Waals surface area contributed by atoms with Crippen molar-refractivity contribution in [3.63, 3.8) is 0 Å². The zero-order chi connectivity index (χ0) is 94.4. The van der Waals surface area contributed by atoms with Crippen LogP contribution in [0.25, 0.3) is 6.08 Å². The molecule has 2 N–H and O–H groups in total. The van der Waals surface area contributed by atoms with Crippen LogP contribution in [-0.4, -0.2) is 159 Å². The number of ether oxygens (including phenoxy) is 3. The zero-order valence-electron chi connectivity index (χ0n) is 80.1. The number of amides is 3. The number of pyridine rings is 2. The number of ketones is 1.